The summed E-state index contributed by atoms with van der Waals surface area (Å²) in [5.74, 6) is -0.00981. The molecule has 0 saturated heterocycles. The zero-order valence-electron chi connectivity index (χ0n) is 10.1. The van der Waals surface area contributed by atoms with Gasteiger partial charge in [-0.3, -0.25) is 9.52 Å². The van der Waals surface area contributed by atoms with Crippen molar-refractivity contribution in [1.82, 2.24) is 4.72 Å². The van der Waals surface area contributed by atoms with Crippen LogP contribution >= 0.6 is 0 Å². The van der Waals surface area contributed by atoms with Crippen LogP contribution in [0.25, 0.3) is 0 Å². The summed E-state index contributed by atoms with van der Waals surface area (Å²) in [5.41, 5.74) is 6.00. The van der Waals surface area contributed by atoms with Gasteiger partial charge in [0.05, 0.1) is 11.7 Å². The van der Waals surface area contributed by atoms with Crippen molar-refractivity contribution >= 4 is 15.9 Å². The number of hydrogen-bond acceptors (Lipinski definition) is 4. The minimum atomic E-state index is -3.46. The lowest BCUT2D eigenvalue weighted by Gasteiger charge is -2.26. The van der Waals surface area contributed by atoms with Crippen molar-refractivity contribution in [3.05, 3.63) is 0 Å². The van der Waals surface area contributed by atoms with E-state index in [2.05, 4.69) is 4.72 Å². The predicted molar refractivity (Wildman–Crippen MR) is 64.5 cm³/mol. The van der Waals surface area contributed by atoms with Gasteiger partial charge in [-0.05, 0) is 37.5 Å². The van der Waals surface area contributed by atoms with E-state index in [1.807, 2.05) is 0 Å². The van der Waals surface area contributed by atoms with E-state index in [1.54, 1.807) is 6.92 Å². The molecule has 17 heavy (non-hydrogen) atoms. The molecule has 0 spiro atoms. The first-order valence-corrected chi connectivity index (χ1v) is 7.89. The number of carbonyl (C=O) groups excluding carboxylic acids is 1. The molecule has 2 saturated carbocycles. The van der Waals surface area contributed by atoms with Gasteiger partial charge in [0.15, 0.2) is 0 Å². The van der Waals surface area contributed by atoms with Gasteiger partial charge < -0.3 is 5.73 Å². The maximum Gasteiger partial charge on any atom is 0.238 e. The van der Waals surface area contributed by atoms with Gasteiger partial charge in [-0.15, -0.1) is 0 Å². The molecule has 5 nitrogen and oxygen atoms in total. The lowest BCUT2D eigenvalue weighted by atomic mass is 9.84. The van der Waals surface area contributed by atoms with Crippen molar-refractivity contribution in [2.24, 2.45) is 23.5 Å². The van der Waals surface area contributed by atoms with Gasteiger partial charge in [-0.1, -0.05) is 6.92 Å². The zero-order chi connectivity index (χ0) is 12.6. The highest BCUT2D eigenvalue weighted by Gasteiger charge is 2.49. The van der Waals surface area contributed by atoms with Gasteiger partial charge in [0.25, 0.3) is 0 Å². The van der Waals surface area contributed by atoms with Crippen LogP contribution in [0.1, 0.15) is 32.6 Å². The Morgan fingerprint density at radius 1 is 1.35 bits per heavy atom. The molecular weight excluding hydrogens is 240 g/mol. The Bertz CT molecular complexity index is 405. The van der Waals surface area contributed by atoms with Gasteiger partial charge in [0.2, 0.25) is 15.9 Å². The third kappa shape index (κ3) is 2.47. The second-order valence-electron chi connectivity index (χ2n) is 5.22. The quantitative estimate of drug-likeness (QED) is 0.756. The van der Waals surface area contributed by atoms with E-state index in [-0.39, 0.29) is 23.6 Å². The molecule has 0 aliphatic heterocycles. The summed E-state index contributed by atoms with van der Waals surface area (Å²) in [7, 11) is -3.46. The number of rotatable bonds is 4. The van der Waals surface area contributed by atoms with Crippen molar-refractivity contribution in [2.75, 3.05) is 5.75 Å². The third-order valence-electron chi connectivity index (χ3n) is 4.01. The minimum absolute atomic E-state index is 0.00517. The average Bonchev–Trinajstić information content (AvgIpc) is 2.75. The van der Waals surface area contributed by atoms with Crippen LogP contribution in [0.4, 0.5) is 0 Å². The maximum absolute atomic E-state index is 12.0. The molecule has 98 valence electrons. The van der Waals surface area contributed by atoms with Gasteiger partial charge in [0, 0.05) is 6.04 Å². The summed E-state index contributed by atoms with van der Waals surface area (Å²) in [6, 6.07) is -0.162. The van der Waals surface area contributed by atoms with Crippen LogP contribution in [0.3, 0.4) is 0 Å². The molecule has 0 aromatic heterocycles. The maximum atomic E-state index is 12.0. The standard InChI is InChI=1S/C11H20N2O3S/c1-2-5-17(15,16)13-11(14)9-7-3-4-8(6-7)10(9)12/h7-10H,2-6,12H2,1H3,(H,13,14). The Kier molecular flexibility index (Phi) is 3.45. The van der Waals surface area contributed by atoms with E-state index in [4.69, 9.17) is 5.73 Å². The zero-order valence-corrected chi connectivity index (χ0v) is 10.9. The third-order valence-corrected chi connectivity index (χ3v) is 5.47. The Morgan fingerprint density at radius 2 is 2.00 bits per heavy atom. The summed E-state index contributed by atoms with van der Waals surface area (Å²) < 4.78 is 25.2. The van der Waals surface area contributed by atoms with Crippen molar-refractivity contribution in [1.29, 1.82) is 0 Å². The normalized spacial score (nSPS) is 36.1. The van der Waals surface area contributed by atoms with Gasteiger partial charge in [0.1, 0.15) is 0 Å². The molecule has 0 aromatic carbocycles. The SMILES string of the molecule is CCCS(=O)(=O)NC(=O)C1C2CCC(C2)C1N. The van der Waals surface area contributed by atoms with Crippen molar-refractivity contribution < 1.29 is 13.2 Å². The molecule has 2 bridgehead atoms. The van der Waals surface area contributed by atoms with Crippen LogP contribution in [-0.4, -0.2) is 26.1 Å². The van der Waals surface area contributed by atoms with Crippen LogP contribution in [-0.2, 0) is 14.8 Å². The number of sulfonamides is 1. The molecule has 4 atom stereocenters. The average molecular weight is 260 g/mol. The Balaban J connectivity index is 2.02. The number of carbonyl (C=O) groups is 1. The molecule has 0 aromatic rings. The number of nitrogens with two attached hydrogens (primary N) is 1. The molecule has 1 amide bonds. The lowest BCUT2D eigenvalue weighted by Crippen LogP contribution is -2.47. The fraction of sp³-hybridized carbons (Fsp3) is 0.909. The van der Waals surface area contributed by atoms with Crippen LogP contribution in [0, 0.1) is 17.8 Å². The molecular formula is C11H20N2O3S. The Morgan fingerprint density at radius 3 is 2.53 bits per heavy atom. The van der Waals surface area contributed by atoms with E-state index < -0.39 is 15.9 Å². The molecule has 2 aliphatic carbocycles. The summed E-state index contributed by atoms with van der Waals surface area (Å²) >= 11 is 0. The Labute approximate surface area is 102 Å². The predicted octanol–water partition coefficient (Wildman–Crippen LogP) is 0.216. The number of amides is 1. The van der Waals surface area contributed by atoms with Crippen LogP contribution < -0.4 is 10.5 Å². The highest BCUT2D eigenvalue weighted by atomic mass is 32.2. The van der Waals surface area contributed by atoms with Crippen LogP contribution in [0.5, 0.6) is 0 Å². The van der Waals surface area contributed by atoms with Crippen LogP contribution in [0.15, 0.2) is 0 Å². The summed E-state index contributed by atoms with van der Waals surface area (Å²) in [6.45, 7) is 1.77. The number of nitrogens with one attached hydrogen (secondary N) is 1. The summed E-state index contributed by atoms with van der Waals surface area (Å²) in [5, 5.41) is 0. The Hall–Kier alpha value is -0.620. The van der Waals surface area contributed by atoms with Crippen molar-refractivity contribution in [2.45, 2.75) is 38.6 Å². The van der Waals surface area contributed by atoms with E-state index in [1.165, 1.54) is 0 Å². The minimum Gasteiger partial charge on any atom is -0.327 e. The molecule has 2 rings (SSSR count). The number of hydrogen-bond donors (Lipinski definition) is 2. The first-order valence-electron chi connectivity index (χ1n) is 6.24. The molecule has 2 aliphatic rings. The second kappa shape index (κ2) is 4.57. The number of fused-ring (bicyclic) bond motifs is 2. The topological polar surface area (TPSA) is 89.3 Å². The molecule has 2 fully saturated rings. The lowest BCUT2D eigenvalue weighted by molar-refractivity contribution is -0.125. The molecule has 0 radical (unpaired) electrons. The second-order valence-corrected chi connectivity index (χ2v) is 7.06. The smallest absolute Gasteiger partial charge is 0.238 e. The highest BCUT2D eigenvalue weighted by molar-refractivity contribution is 7.90. The summed E-state index contributed by atoms with van der Waals surface area (Å²) in [6.07, 6.45) is 3.57. The van der Waals surface area contributed by atoms with E-state index >= 15 is 0 Å². The first-order chi connectivity index (χ1) is 7.94. The van der Waals surface area contributed by atoms with Crippen LogP contribution in [0.2, 0.25) is 0 Å². The molecule has 6 heteroatoms. The fourth-order valence-electron chi connectivity index (χ4n) is 3.27. The fourth-order valence-corrected chi connectivity index (χ4v) is 4.35. The van der Waals surface area contributed by atoms with E-state index in [9.17, 15) is 13.2 Å². The summed E-state index contributed by atoms with van der Waals surface area (Å²) in [4.78, 5) is 12.0. The molecule has 4 unspecified atom stereocenters. The molecule has 3 N–H and O–H groups in total. The molecule has 0 heterocycles. The van der Waals surface area contributed by atoms with Gasteiger partial charge in [-0.2, -0.15) is 0 Å². The van der Waals surface area contributed by atoms with Gasteiger partial charge in [-0.25, -0.2) is 8.42 Å². The van der Waals surface area contributed by atoms with E-state index in [0.29, 0.717) is 12.3 Å². The first kappa shape index (κ1) is 12.8. The highest BCUT2D eigenvalue weighted by Crippen LogP contribution is 2.47. The van der Waals surface area contributed by atoms with Gasteiger partial charge >= 0.3 is 0 Å². The van der Waals surface area contributed by atoms with E-state index in [0.717, 1.165) is 19.3 Å². The largest absolute Gasteiger partial charge is 0.327 e. The van der Waals surface area contributed by atoms with Crippen molar-refractivity contribution in [3.8, 4) is 0 Å². The van der Waals surface area contributed by atoms with Crippen molar-refractivity contribution in [3.63, 3.8) is 0 Å². The monoisotopic (exact) mass is 260 g/mol.